The molecule has 0 saturated carbocycles. The van der Waals surface area contributed by atoms with Crippen molar-refractivity contribution in [3.8, 4) is 0 Å². The minimum atomic E-state index is -0.443. The van der Waals surface area contributed by atoms with Crippen LogP contribution in [0.15, 0.2) is 0 Å². The van der Waals surface area contributed by atoms with Crippen molar-refractivity contribution in [1.29, 1.82) is 0 Å². The zero-order chi connectivity index (χ0) is 9.56. The van der Waals surface area contributed by atoms with Crippen molar-refractivity contribution in [3.05, 3.63) is 0 Å². The molecule has 0 spiro atoms. The molecule has 0 aliphatic heterocycles. The number of carbonyl (C=O) groups excluding carboxylic acids is 1. The molecule has 12 heavy (non-hydrogen) atoms. The Balaban J connectivity index is 3.56. The molecule has 0 fully saturated rings. The number of hydrogen-bond donors (Lipinski definition) is 2. The van der Waals surface area contributed by atoms with E-state index >= 15 is 0 Å². The molecular formula is C8H17NO3. The molecule has 0 aliphatic carbocycles. The zero-order valence-electron chi connectivity index (χ0n) is 7.83. The fraction of sp³-hybridized carbons (Fsp3) is 0.875. The van der Waals surface area contributed by atoms with Crippen LogP contribution in [0.5, 0.6) is 0 Å². The van der Waals surface area contributed by atoms with Gasteiger partial charge in [0.1, 0.15) is 6.04 Å². The quantitative estimate of drug-likeness (QED) is 0.573. The first-order chi connectivity index (χ1) is 5.57. The standard InChI is InChI=1S/C8H17NO3/c1-4-12-8(11)7(3)9-5-6(2)10/h6-7,9-10H,4-5H2,1-3H3. The van der Waals surface area contributed by atoms with Gasteiger partial charge < -0.3 is 15.2 Å². The maximum Gasteiger partial charge on any atom is 0.322 e. The summed E-state index contributed by atoms with van der Waals surface area (Å²) >= 11 is 0. The van der Waals surface area contributed by atoms with E-state index in [2.05, 4.69) is 5.32 Å². The second-order valence-corrected chi connectivity index (χ2v) is 2.73. The van der Waals surface area contributed by atoms with Crippen molar-refractivity contribution in [2.24, 2.45) is 0 Å². The van der Waals surface area contributed by atoms with Gasteiger partial charge in [0.25, 0.3) is 0 Å². The number of carbonyl (C=O) groups is 1. The summed E-state index contributed by atoms with van der Waals surface area (Å²) in [7, 11) is 0. The van der Waals surface area contributed by atoms with Crippen molar-refractivity contribution < 1.29 is 14.6 Å². The molecule has 0 aromatic carbocycles. The fourth-order valence-electron chi connectivity index (χ4n) is 0.698. The third-order valence-corrected chi connectivity index (χ3v) is 1.36. The van der Waals surface area contributed by atoms with E-state index in [4.69, 9.17) is 9.84 Å². The molecule has 0 bridgehead atoms. The first kappa shape index (κ1) is 11.4. The van der Waals surface area contributed by atoms with Gasteiger partial charge >= 0.3 is 5.97 Å². The van der Waals surface area contributed by atoms with E-state index in [0.717, 1.165) is 0 Å². The Morgan fingerprint density at radius 3 is 2.58 bits per heavy atom. The largest absolute Gasteiger partial charge is 0.465 e. The zero-order valence-corrected chi connectivity index (χ0v) is 7.83. The van der Waals surface area contributed by atoms with Gasteiger partial charge in [-0.2, -0.15) is 0 Å². The maximum absolute atomic E-state index is 11.0. The number of hydrogen-bond acceptors (Lipinski definition) is 4. The van der Waals surface area contributed by atoms with Gasteiger partial charge in [0, 0.05) is 6.54 Å². The summed E-state index contributed by atoms with van der Waals surface area (Å²) in [4.78, 5) is 11.0. The highest BCUT2D eigenvalue weighted by atomic mass is 16.5. The molecule has 0 amide bonds. The van der Waals surface area contributed by atoms with Crippen LogP contribution in [0.3, 0.4) is 0 Å². The number of aliphatic hydroxyl groups excluding tert-OH is 1. The number of aliphatic hydroxyl groups is 1. The Hall–Kier alpha value is -0.610. The van der Waals surface area contributed by atoms with Crippen molar-refractivity contribution in [1.82, 2.24) is 5.32 Å². The van der Waals surface area contributed by atoms with Gasteiger partial charge in [0.05, 0.1) is 12.7 Å². The molecule has 0 saturated heterocycles. The lowest BCUT2D eigenvalue weighted by Gasteiger charge is -2.13. The summed E-state index contributed by atoms with van der Waals surface area (Å²) in [5.41, 5.74) is 0. The van der Waals surface area contributed by atoms with Crippen LogP contribution in [0.4, 0.5) is 0 Å². The average molecular weight is 175 g/mol. The van der Waals surface area contributed by atoms with Gasteiger partial charge in [0.2, 0.25) is 0 Å². The molecule has 2 N–H and O–H groups in total. The van der Waals surface area contributed by atoms with Crippen molar-refractivity contribution in [3.63, 3.8) is 0 Å². The second-order valence-electron chi connectivity index (χ2n) is 2.73. The molecule has 72 valence electrons. The predicted octanol–water partition coefficient (Wildman–Crippen LogP) is -0.0916. The van der Waals surface area contributed by atoms with Crippen LogP contribution in [0.1, 0.15) is 20.8 Å². The van der Waals surface area contributed by atoms with Crippen LogP contribution >= 0.6 is 0 Å². The minimum Gasteiger partial charge on any atom is -0.465 e. The Labute approximate surface area is 72.9 Å². The number of rotatable bonds is 5. The Morgan fingerprint density at radius 1 is 1.58 bits per heavy atom. The summed E-state index contributed by atoms with van der Waals surface area (Å²) in [6.07, 6.45) is -0.443. The smallest absolute Gasteiger partial charge is 0.322 e. The molecule has 0 radical (unpaired) electrons. The SMILES string of the molecule is CCOC(=O)C(C)NCC(C)O. The van der Waals surface area contributed by atoms with Gasteiger partial charge in [0.15, 0.2) is 0 Å². The van der Waals surface area contributed by atoms with E-state index in [0.29, 0.717) is 13.2 Å². The van der Waals surface area contributed by atoms with E-state index in [9.17, 15) is 4.79 Å². The summed E-state index contributed by atoms with van der Waals surface area (Å²) in [5.74, 6) is -0.279. The van der Waals surface area contributed by atoms with E-state index in [1.165, 1.54) is 0 Å². The molecule has 2 unspecified atom stereocenters. The van der Waals surface area contributed by atoms with E-state index < -0.39 is 6.10 Å². The highest BCUT2D eigenvalue weighted by Crippen LogP contribution is 1.88. The van der Waals surface area contributed by atoms with Gasteiger partial charge in [-0.1, -0.05) is 0 Å². The van der Waals surface area contributed by atoms with Crippen LogP contribution in [0.25, 0.3) is 0 Å². The highest BCUT2D eigenvalue weighted by molar-refractivity contribution is 5.75. The average Bonchev–Trinajstić information content (AvgIpc) is 2.00. The van der Waals surface area contributed by atoms with Crippen molar-refractivity contribution in [2.45, 2.75) is 32.9 Å². The summed E-state index contributed by atoms with van der Waals surface area (Å²) < 4.78 is 4.75. The highest BCUT2D eigenvalue weighted by Gasteiger charge is 2.12. The van der Waals surface area contributed by atoms with Crippen LogP contribution in [-0.4, -0.2) is 36.4 Å². The molecule has 4 heteroatoms. The van der Waals surface area contributed by atoms with Crippen molar-refractivity contribution >= 4 is 5.97 Å². The number of esters is 1. The third kappa shape index (κ3) is 5.09. The van der Waals surface area contributed by atoms with Gasteiger partial charge in [-0.15, -0.1) is 0 Å². The van der Waals surface area contributed by atoms with E-state index in [-0.39, 0.29) is 12.0 Å². The molecule has 0 rings (SSSR count). The first-order valence-corrected chi connectivity index (χ1v) is 4.16. The molecule has 0 heterocycles. The van der Waals surface area contributed by atoms with Crippen molar-refractivity contribution in [2.75, 3.05) is 13.2 Å². The lowest BCUT2D eigenvalue weighted by atomic mass is 10.3. The molecule has 0 aromatic rings. The lowest BCUT2D eigenvalue weighted by molar-refractivity contribution is -0.145. The fourth-order valence-corrected chi connectivity index (χ4v) is 0.698. The second kappa shape index (κ2) is 5.97. The summed E-state index contributed by atoms with van der Waals surface area (Å²) in [5, 5.41) is 11.7. The molecule has 2 atom stereocenters. The van der Waals surface area contributed by atoms with Gasteiger partial charge in [-0.3, -0.25) is 4.79 Å². The predicted molar refractivity (Wildman–Crippen MR) is 45.8 cm³/mol. The van der Waals surface area contributed by atoms with E-state index in [1.54, 1.807) is 20.8 Å². The molecule has 0 aromatic heterocycles. The Bertz CT molecular complexity index is 136. The monoisotopic (exact) mass is 175 g/mol. The van der Waals surface area contributed by atoms with Crippen LogP contribution in [-0.2, 0) is 9.53 Å². The van der Waals surface area contributed by atoms with Gasteiger partial charge in [-0.25, -0.2) is 0 Å². The number of ether oxygens (including phenoxy) is 1. The lowest BCUT2D eigenvalue weighted by Crippen LogP contribution is -2.39. The van der Waals surface area contributed by atoms with Gasteiger partial charge in [-0.05, 0) is 20.8 Å². The normalized spacial score (nSPS) is 15.3. The van der Waals surface area contributed by atoms with Crippen LogP contribution in [0, 0.1) is 0 Å². The summed E-state index contributed by atoms with van der Waals surface area (Å²) in [6.45, 7) is 5.92. The topological polar surface area (TPSA) is 58.6 Å². The van der Waals surface area contributed by atoms with Crippen LogP contribution in [0.2, 0.25) is 0 Å². The maximum atomic E-state index is 11.0. The first-order valence-electron chi connectivity index (χ1n) is 4.16. The molecule has 4 nitrogen and oxygen atoms in total. The number of nitrogens with one attached hydrogen (secondary N) is 1. The van der Waals surface area contributed by atoms with Crippen LogP contribution < -0.4 is 5.32 Å². The minimum absolute atomic E-state index is 0.279. The van der Waals surface area contributed by atoms with E-state index in [1.807, 2.05) is 0 Å². The molecule has 0 aliphatic rings. The summed E-state index contributed by atoms with van der Waals surface area (Å²) in [6, 6.07) is -0.348. The Morgan fingerprint density at radius 2 is 2.17 bits per heavy atom. The third-order valence-electron chi connectivity index (χ3n) is 1.36. The Kier molecular flexibility index (Phi) is 5.66. The molecular weight excluding hydrogens is 158 g/mol.